The number of allylic oxidation sites excluding steroid dienone is 3. The molecule has 2 nitrogen and oxygen atoms in total. The summed E-state index contributed by atoms with van der Waals surface area (Å²) in [6, 6.07) is 0.283. The molecule has 0 saturated heterocycles. The summed E-state index contributed by atoms with van der Waals surface area (Å²) in [5.74, 6) is 0. The Morgan fingerprint density at radius 1 is 1.42 bits per heavy atom. The number of hydrogen-bond acceptors (Lipinski definition) is 2. The Balaban J connectivity index is 2.82. The van der Waals surface area contributed by atoms with Gasteiger partial charge >= 0.3 is 0 Å². The number of hydrogen-bond donors (Lipinski definition) is 0. The zero-order valence-electron chi connectivity index (χ0n) is 8.04. The van der Waals surface area contributed by atoms with Gasteiger partial charge in [-0.2, -0.15) is 10.2 Å². The Morgan fingerprint density at radius 3 is 2.75 bits per heavy atom. The van der Waals surface area contributed by atoms with Crippen molar-refractivity contribution in [3.63, 3.8) is 0 Å². The Morgan fingerprint density at radius 2 is 2.17 bits per heavy atom. The molecule has 1 heterocycles. The molecule has 0 bridgehead atoms. The second kappa shape index (κ2) is 4.19. The number of nitrogens with zero attached hydrogens (tertiary/aromatic N) is 2. The van der Waals surface area contributed by atoms with Crippen LogP contribution in [0.15, 0.2) is 33.7 Å². The van der Waals surface area contributed by atoms with Gasteiger partial charge < -0.3 is 0 Å². The van der Waals surface area contributed by atoms with Gasteiger partial charge in [-0.3, -0.25) is 0 Å². The highest BCUT2D eigenvalue weighted by Crippen LogP contribution is 2.16. The molecule has 12 heavy (non-hydrogen) atoms. The smallest absolute Gasteiger partial charge is 0.0895 e. The van der Waals surface area contributed by atoms with Gasteiger partial charge in [-0.25, -0.2) is 0 Å². The third-order valence-electron chi connectivity index (χ3n) is 1.96. The van der Waals surface area contributed by atoms with Crippen molar-refractivity contribution >= 4 is 0 Å². The van der Waals surface area contributed by atoms with Crippen LogP contribution in [0.4, 0.5) is 0 Å². The zero-order chi connectivity index (χ0) is 8.97. The largest absolute Gasteiger partial charge is 0.181 e. The zero-order valence-corrected chi connectivity index (χ0v) is 8.04. The summed E-state index contributed by atoms with van der Waals surface area (Å²) >= 11 is 0. The molecule has 0 aromatic carbocycles. The van der Waals surface area contributed by atoms with Crippen molar-refractivity contribution in [3.8, 4) is 0 Å². The van der Waals surface area contributed by atoms with Gasteiger partial charge in [0.25, 0.3) is 0 Å². The van der Waals surface area contributed by atoms with Gasteiger partial charge in [0.1, 0.15) is 0 Å². The third-order valence-corrected chi connectivity index (χ3v) is 1.96. The van der Waals surface area contributed by atoms with Crippen molar-refractivity contribution in [2.75, 3.05) is 0 Å². The molecular weight excluding hydrogens is 148 g/mol. The minimum absolute atomic E-state index is 0.283. The van der Waals surface area contributed by atoms with E-state index in [1.54, 1.807) is 0 Å². The fraction of sp³-hybridized carbons (Fsp3) is 0.600. The number of azo groups is 1. The summed E-state index contributed by atoms with van der Waals surface area (Å²) in [5.41, 5.74) is 2.36. The van der Waals surface area contributed by atoms with Crippen LogP contribution >= 0.6 is 0 Å². The van der Waals surface area contributed by atoms with Crippen molar-refractivity contribution in [1.29, 1.82) is 0 Å². The first-order valence-electron chi connectivity index (χ1n) is 4.56. The molecule has 0 aliphatic carbocycles. The average molecular weight is 164 g/mol. The molecule has 1 aliphatic rings. The van der Waals surface area contributed by atoms with Crippen LogP contribution in [0.25, 0.3) is 0 Å². The molecule has 1 rings (SSSR count). The molecule has 0 saturated carbocycles. The predicted molar refractivity (Wildman–Crippen MR) is 51.1 cm³/mol. The Hall–Kier alpha value is -0.920. The van der Waals surface area contributed by atoms with E-state index >= 15 is 0 Å². The SMILES string of the molecule is CCC1=CC(C)=CC(CC)N=N1. The normalized spacial score (nSPS) is 23.1. The van der Waals surface area contributed by atoms with E-state index in [2.05, 4.69) is 43.2 Å². The van der Waals surface area contributed by atoms with Crippen LogP contribution in [0.1, 0.15) is 33.6 Å². The highest BCUT2D eigenvalue weighted by Gasteiger charge is 2.04. The lowest BCUT2D eigenvalue weighted by Crippen LogP contribution is -1.95. The van der Waals surface area contributed by atoms with Gasteiger partial charge in [0.2, 0.25) is 0 Å². The van der Waals surface area contributed by atoms with Gasteiger partial charge in [-0.05, 0) is 25.8 Å². The highest BCUT2D eigenvalue weighted by atomic mass is 15.1. The van der Waals surface area contributed by atoms with Gasteiger partial charge in [-0.1, -0.05) is 25.5 Å². The molecule has 1 unspecified atom stereocenters. The second-order valence-corrected chi connectivity index (χ2v) is 3.09. The molecule has 0 radical (unpaired) electrons. The Bertz CT molecular complexity index is 236. The van der Waals surface area contributed by atoms with Gasteiger partial charge in [0.15, 0.2) is 0 Å². The van der Waals surface area contributed by atoms with Gasteiger partial charge in [-0.15, -0.1) is 0 Å². The van der Waals surface area contributed by atoms with E-state index < -0.39 is 0 Å². The summed E-state index contributed by atoms with van der Waals surface area (Å²) in [5, 5.41) is 8.40. The molecule has 0 amide bonds. The van der Waals surface area contributed by atoms with Crippen LogP contribution < -0.4 is 0 Å². The molecule has 0 aromatic heterocycles. The van der Waals surface area contributed by atoms with Crippen molar-refractivity contribution in [2.45, 2.75) is 39.7 Å². The predicted octanol–water partition coefficient (Wildman–Crippen LogP) is 3.47. The van der Waals surface area contributed by atoms with Crippen molar-refractivity contribution in [1.82, 2.24) is 0 Å². The van der Waals surface area contributed by atoms with E-state index in [9.17, 15) is 0 Å². The molecule has 0 N–H and O–H groups in total. The van der Waals surface area contributed by atoms with Crippen LogP contribution in [0.2, 0.25) is 0 Å². The third kappa shape index (κ3) is 2.29. The number of rotatable bonds is 2. The second-order valence-electron chi connectivity index (χ2n) is 3.09. The van der Waals surface area contributed by atoms with E-state index in [1.807, 2.05) is 0 Å². The fourth-order valence-electron chi connectivity index (χ4n) is 1.20. The lowest BCUT2D eigenvalue weighted by molar-refractivity contribution is 0.731. The van der Waals surface area contributed by atoms with E-state index in [-0.39, 0.29) is 6.04 Å². The monoisotopic (exact) mass is 164 g/mol. The lowest BCUT2D eigenvalue weighted by Gasteiger charge is -1.99. The minimum Gasteiger partial charge on any atom is -0.181 e. The van der Waals surface area contributed by atoms with E-state index in [1.165, 1.54) is 5.57 Å². The molecular formula is C10H16N2. The lowest BCUT2D eigenvalue weighted by atomic mass is 10.1. The van der Waals surface area contributed by atoms with Gasteiger partial charge in [0.05, 0.1) is 11.7 Å². The van der Waals surface area contributed by atoms with Gasteiger partial charge in [0, 0.05) is 0 Å². The molecule has 2 heteroatoms. The molecule has 1 atom stereocenters. The maximum Gasteiger partial charge on any atom is 0.0895 e. The summed E-state index contributed by atoms with van der Waals surface area (Å²) in [4.78, 5) is 0. The molecule has 1 aliphatic heterocycles. The first-order valence-corrected chi connectivity index (χ1v) is 4.56. The first kappa shape index (κ1) is 9.17. The standard InChI is InChI=1S/C10H16N2/c1-4-9-6-8(3)7-10(5-2)12-11-9/h6-7,9H,4-5H2,1-3H3. The summed E-state index contributed by atoms with van der Waals surface area (Å²) in [6.07, 6.45) is 6.28. The van der Waals surface area contributed by atoms with Crippen LogP contribution in [-0.4, -0.2) is 6.04 Å². The molecule has 0 fully saturated rings. The first-order chi connectivity index (χ1) is 5.76. The summed E-state index contributed by atoms with van der Waals surface area (Å²) in [6.45, 7) is 6.34. The van der Waals surface area contributed by atoms with Crippen LogP contribution in [0.3, 0.4) is 0 Å². The summed E-state index contributed by atoms with van der Waals surface area (Å²) < 4.78 is 0. The molecule has 0 aromatic rings. The van der Waals surface area contributed by atoms with E-state index in [0.717, 1.165) is 18.5 Å². The average Bonchev–Trinajstić information content (AvgIpc) is 2.26. The van der Waals surface area contributed by atoms with Crippen LogP contribution in [-0.2, 0) is 0 Å². The van der Waals surface area contributed by atoms with E-state index in [4.69, 9.17) is 0 Å². The quantitative estimate of drug-likeness (QED) is 0.597. The maximum atomic E-state index is 4.22. The highest BCUT2D eigenvalue weighted by molar-refractivity contribution is 5.24. The Kier molecular flexibility index (Phi) is 3.20. The van der Waals surface area contributed by atoms with Crippen molar-refractivity contribution in [3.05, 3.63) is 23.4 Å². The van der Waals surface area contributed by atoms with Crippen molar-refractivity contribution in [2.24, 2.45) is 10.2 Å². The maximum absolute atomic E-state index is 4.22. The van der Waals surface area contributed by atoms with Crippen LogP contribution in [0.5, 0.6) is 0 Å². The summed E-state index contributed by atoms with van der Waals surface area (Å²) in [7, 11) is 0. The van der Waals surface area contributed by atoms with E-state index in [0.29, 0.717) is 0 Å². The minimum atomic E-state index is 0.283. The molecule has 0 spiro atoms. The fourth-order valence-corrected chi connectivity index (χ4v) is 1.20. The molecule has 66 valence electrons. The Labute approximate surface area is 74.1 Å². The van der Waals surface area contributed by atoms with Crippen molar-refractivity contribution < 1.29 is 0 Å². The van der Waals surface area contributed by atoms with Crippen LogP contribution in [0, 0.1) is 0 Å². The topological polar surface area (TPSA) is 24.7 Å².